The number of amides is 1. The van der Waals surface area contributed by atoms with Crippen molar-refractivity contribution in [3.05, 3.63) is 58.0 Å². The average Bonchev–Trinajstić information content (AvgIpc) is 2.97. The number of imidazole rings is 1. The van der Waals surface area contributed by atoms with Crippen molar-refractivity contribution in [2.24, 2.45) is 7.05 Å². The number of H-pyrrole nitrogens is 1. The van der Waals surface area contributed by atoms with E-state index in [2.05, 4.69) is 20.1 Å². The molecule has 0 unspecified atom stereocenters. The number of fused-ring (bicyclic) bond motifs is 1. The van der Waals surface area contributed by atoms with Gasteiger partial charge >= 0.3 is 5.69 Å². The van der Waals surface area contributed by atoms with E-state index in [9.17, 15) is 9.59 Å². The Morgan fingerprint density at radius 3 is 2.54 bits per heavy atom. The summed E-state index contributed by atoms with van der Waals surface area (Å²) in [5.41, 5.74) is 3.19. The maximum absolute atomic E-state index is 12.4. The van der Waals surface area contributed by atoms with Crippen LogP contribution in [0.1, 0.15) is 0 Å². The second-order valence-corrected chi connectivity index (χ2v) is 7.45. The third kappa shape index (κ3) is 3.90. The molecule has 0 bridgehead atoms. The number of aromatic amines is 1. The third-order valence-electron chi connectivity index (χ3n) is 5.12. The molecule has 2 N–H and O–H groups in total. The molecule has 0 atom stereocenters. The summed E-state index contributed by atoms with van der Waals surface area (Å²) < 4.78 is 1.53. The fraction of sp³-hybridized carbons (Fsp3) is 0.300. The summed E-state index contributed by atoms with van der Waals surface area (Å²) in [5, 5.41) is 3.66. The highest BCUT2D eigenvalue weighted by molar-refractivity contribution is 6.30. The lowest BCUT2D eigenvalue weighted by molar-refractivity contribution is -0.117. The van der Waals surface area contributed by atoms with Crippen LogP contribution in [0.2, 0.25) is 5.02 Å². The van der Waals surface area contributed by atoms with E-state index in [1.165, 1.54) is 4.57 Å². The number of aromatic nitrogens is 2. The number of hydrogen-bond donors (Lipinski definition) is 2. The van der Waals surface area contributed by atoms with Crippen LogP contribution in [0.15, 0.2) is 47.3 Å². The maximum atomic E-state index is 12.4. The van der Waals surface area contributed by atoms with Crippen molar-refractivity contribution in [3.8, 4) is 0 Å². The summed E-state index contributed by atoms with van der Waals surface area (Å²) in [6.45, 7) is 3.72. The second kappa shape index (κ2) is 7.69. The first kappa shape index (κ1) is 18.6. The molecule has 8 heteroatoms. The van der Waals surface area contributed by atoms with Gasteiger partial charge in [0.05, 0.1) is 17.6 Å². The summed E-state index contributed by atoms with van der Waals surface area (Å²) in [4.78, 5) is 31.3. The Hall–Kier alpha value is -2.77. The number of benzene rings is 2. The molecule has 146 valence electrons. The van der Waals surface area contributed by atoms with Crippen LogP contribution >= 0.6 is 11.6 Å². The first-order valence-corrected chi connectivity index (χ1v) is 9.59. The normalized spacial score (nSPS) is 15.1. The molecule has 0 spiro atoms. The van der Waals surface area contributed by atoms with Gasteiger partial charge in [0.1, 0.15) is 0 Å². The minimum Gasteiger partial charge on any atom is -0.369 e. The zero-order chi connectivity index (χ0) is 19.7. The van der Waals surface area contributed by atoms with Crippen LogP contribution in [0.5, 0.6) is 0 Å². The molecule has 1 aromatic heterocycles. The molecule has 2 heterocycles. The molecular weight excluding hydrogens is 378 g/mol. The minimum absolute atomic E-state index is 0.0557. The van der Waals surface area contributed by atoms with Crippen molar-refractivity contribution in [2.45, 2.75) is 0 Å². The average molecular weight is 400 g/mol. The Morgan fingerprint density at radius 2 is 1.82 bits per heavy atom. The van der Waals surface area contributed by atoms with Crippen LogP contribution in [0.3, 0.4) is 0 Å². The smallest absolute Gasteiger partial charge is 0.326 e. The number of carbonyl (C=O) groups excluding carboxylic acids is 1. The first-order chi connectivity index (χ1) is 13.5. The maximum Gasteiger partial charge on any atom is 0.326 e. The molecule has 0 aliphatic carbocycles. The molecule has 1 amide bonds. The van der Waals surface area contributed by atoms with Gasteiger partial charge in [-0.25, -0.2) is 4.79 Å². The molecule has 1 fully saturated rings. The van der Waals surface area contributed by atoms with Crippen LogP contribution < -0.4 is 15.9 Å². The van der Waals surface area contributed by atoms with E-state index in [1.54, 1.807) is 19.2 Å². The van der Waals surface area contributed by atoms with Crippen LogP contribution in [0.25, 0.3) is 11.0 Å². The third-order valence-corrected chi connectivity index (χ3v) is 5.37. The lowest BCUT2D eigenvalue weighted by Gasteiger charge is -2.35. The number of nitrogens with one attached hydrogen (secondary N) is 2. The highest BCUT2D eigenvalue weighted by Gasteiger charge is 2.19. The van der Waals surface area contributed by atoms with Crippen LogP contribution in [-0.2, 0) is 11.8 Å². The first-order valence-electron chi connectivity index (χ1n) is 9.21. The topological polar surface area (TPSA) is 73.4 Å². The van der Waals surface area contributed by atoms with Gasteiger partial charge in [0.2, 0.25) is 5.91 Å². The zero-order valence-electron chi connectivity index (χ0n) is 15.6. The molecule has 4 rings (SSSR count). The van der Waals surface area contributed by atoms with E-state index >= 15 is 0 Å². The highest BCUT2D eigenvalue weighted by Crippen LogP contribution is 2.20. The van der Waals surface area contributed by atoms with Crippen molar-refractivity contribution < 1.29 is 4.79 Å². The predicted octanol–water partition coefficient (Wildman–Crippen LogP) is 2.28. The van der Waals surface area contributed by atoms with E-state index in [1.807, 2.05) is 30.3 Å². The molecule has 1 saturated heterocycles. The van der Waals surface area contributed by atoms with Gasteiger partial charge in [0.15, 0.2) is 0 Å². The van der Waals surface area contributed by atoms with Crippen molar-refractivity contribution >= 4 is 39.9 Å². The molecule has 7 nitrogen and oxygen atoms in total. The lowest BCUT2D eigenvalue weighted by atomic mass is 10.2. The number of hydrogen-bond acceptors (Lipinski definition) is 4. The number of nitrogens with zero attached hydrogens (tertiary/aromatic N) is 3. The van der Waals surface area contributed by atoms with E-state index in [-0.39, 0.29) is 11.6 Å². The van der Waals surface area contributed by atoms with E-state index in [0.717, 1.165) is 47.9 Å². The van der Waals surface area contributed by atoms with Crippen molar-refractivity contribution in [1.29, 1.82) is 0 Å². The largest absolute Gasteiger partial charge is 0.369 e. The SMILES string of the molecule is Cn1c(=O)[nH]c2ccc(NC(=O)CN3CCN(c4ccc(Cl)cc4)CC3)cc21. The fourth-order valence-corrected chi connectivity index (χ4v) is 3.65. The Labute approximate surface area is 167 Å². The number of anilines is 2. The van der Waals surface area contributed by atoms with Gasteiger partial charge in [-0.1, -0.05) is 11.6 Å². The molecule has 2 aromatic carbocycles. The summed E-state index contributed by atoms with van der Waals surface area (Å²) in [5.74, 6) is -0.0557. The fourth-order valence-electron chi connectivity index (χ4n) is 3.52. The zero-order valence-corrected chi connectivity index (χ0v) is 16.4. The molecular formula is C20H22ClN5O2. The van der Waals surface area contributed by atoms with Gasteiger partial charge in [0.25, 0.3) is 0 Å². The van der Waals surface area contributed by atoms with Crippen molar-refractivity contribution in [2.75, 3.05) is 42.9 Å². The predicted molar refractivity (Wildman–Crippen MR) is 112 cm³/mol. The number of piperazine rings is 1. The van der Waals surface area contributed by atoms with Gasteiger partial charge in [-0.05, 0) is 42.5 Å². The monoisotopic (exact) mass is 399 g/mol. The summed E-state index contributed by atoms with van der Waals surface area (Å²) in [6, 6.07) is 13.3. The number of aryl methyl sites for hydroxylation is 1. The Morgan fingerprint density at radius 1 is 1.11 bits per heavy atom. The molecule has 0 radical (unpaired) electrons. The van der Waals surface area contributed by atoms with E-state index in [0.29, 0.717) is 12.2 Å². The van der Waals surface area contributed by atoms with Crippen molar-refractivity contribution in [3.63, 3.8) is 0 Å². The number of rotatable bonds is 4. The molecule has 28 heavy (non-hydrogen) atoms. The molecule has 3 aromatic rings. The van der Waals surface area contributed by atoms with Gasteiger partial charge in [0, 0.05) is 49.6 Å². The summed E-state index contributed by atoms with van der Waals surface area (Å²) in [7, 11) is 1.70. The second-order valence-electron chi connectivity index (χ2n) is 7.01. The molecule has 0 saturated carbocycles. The molecule has 1 aliphatic heterocycles. The molecule has 1 aliphatic rings. The van der Waals surface area contributed by atoms with Gasteiger partial charge in [-0.2, -0.15) is 0 Å². The van der Waals surface area contributed by atoms with E-state index < -0.39 is 0 Å². The van der Waals surface area contributed by atoms with Crippen LogP contribution in [0, 0.1) is 0 Å². The Kier molecular flexibility index (Phi) is 5.11. The van der Waals surface area contributed by atoms with Gasteiger partial charge in [-0.3, -0.25) is 14.3 Å². The summed E-state index contributed by atoms with van der Waals surface area (Å²) >= 11 is 5.95. The quantitative estimate of drug-likeness (QED) is 0.706. The van der Waals surface area contributed by atoms with Gasteiger partial charge < -0.3 is 15.2 Å². The summed E-state index contributed by atoms with van der Waals surface area (Å²) in [6.07, 6.45) is 0. The number of halogens is 1. The standard InChI is InChI=1S/C20H22ClN5O2/c1-24-18-12-15(4-7-17(18)23-20(24)28)22-19(27)13-25-8-10-26(11-9-25)16-5-2-14(21)3-6-16/h2-7,12H,8-11,13H2,1H3,(H,22,27)(H,23,28). The lowest BCUT2D eigenvalue weighted by Crippen LogP contribution is -2.48. The highest BCUT2D eigenvalue weighted by atomic mass is 35.5. The van der Waals surface area contributed by atoms with Crippen molar-refractivity contribution in [1.82, 2.24) is 14.5 Å². The number of carbonyl (C=O) groups is 1. The Balaban J connectivity index is 1.33. The Bertz CT molecular complexity index is 1050. The van der Waals surface area contributed by atoms with E-state index in [4.69, 9.17) is 11.6 Å². The van der Waals surface area contributed by atoms with Crippen LogP contribution in [-0.4, -0.2) is 53.1 Å². The van der Waals surface area contributed by atoms with Gasteiger partial charge in [-0.15, -0.1) is 0 Å². The van der Waals surface area contributed by atoms with Crippen LogP contribution in [0.4, 0.5) is 11.4 Å². The minimum atomic E-state index is -0.169.